The largest absolute Gasteiger partial charge is 0.486 e. The second-order valence-electron chi connectivity index (χ2n) is 7.16. The van der Waals surface area contributed by atoms with Gasteiger partial charge in [-0.05, 0) is 37.1 Å². The van der Waals surface area contributed by atoms with Crippen molar-refractivity contribution >= 4 is 6.29 Å². The zero-order chi connectivity index (χ0) is 19.6. The highest BCUT2D eigenvalue weighted by atomic mass is 16.6. The number of fused-ring (bicyclic) bond motifs is 1. The van der Waals surface area contributed by atoms with Gasteiger partial charge >= 0.3 is 0 Å². The Balaban J connectivity index is 1.65. The first-order chi connectivity index (χ1) is 13.6. The summed E-state index contributed by atoms with van der Waals surface area (Å²) in [5.74, 6) is 1.91. The molecule has 2 aromatic rings. The maximum Gasteiger partial charge on any atom is 0.200 e. The van der Waals surface area contributed by atoms with Crippen molar-refractivity contribution in [3.05, 3.63) is 71.6 Å². The molecule has 2 aliphatic heterocycles. The molecule has 0 radical (unpaired) electrons. The van der Waals surface area contributed by atoms with Gasteiger partial charge < -0.3 is 19.0 Å². The van der Waals surface area contributed by atoms with Crippen LogP contribution in [0.2, 0.25) is 0 Å². The van der Waals surface area contributed by atoms with Crippen LogP contribution < -0.4 is 14.9 Å². The fraction of sp³-hybridized carbons (Fsp3) is 0.318. The van der Waals surface area contributed by atoms with E-state index in [1.165, 1.54) is 0 Å². The number of ether oxygens (including phenoxy) is 3. The van der Waals surface area contributed by atoms with Crippen molar-refractivity contribution in [3.63, 3.8) is 0 Å². The molecule has 0 saturated heterocycles. The molecule has 2 aromatic carbocycles. The molecule has 0 aromatic heterocycles. The number of carbonyl (C=O) groups is 1. The molecule has 0 spiro atoms. The average molecular weight is 380 g/mol. The molecule has 1 N–H and O–H groups in total. The van der Waals surface area contributed by atoms with Crippen LogP contribution in [0.3, 0.4) is 0 Å². The average Bonchev–Trinajstić information content (AvgIpc) is 3.13. The molecule has 28 heavy (non-hydrogen) atoms. The van der Waals surface area contributed by atoms with Crippen molar-refractivity contribution in [1.82, 2.24) is 10.4 Å². The molecule has 0 amide bonds. The van der Waals surface area contributed by atoms with E-state index in [-0.39, 0.29) is 6.04 Å². The van der Waals surface area contributed by atoms with Crippen LogP contribution in [0.1, 0.15) is 25.0 Å². The summed E-state index contributed by atoms with van der Waals surface area (Å²) < 4.78 is 17.3. The number of carbonyl (C=O) groups excluding carboxylic acids is 1. The summed E-state index contributed by atoms with van der Waals surface area (Å²) in [6.45, 7) is 5.50. The van der Waals surface area contributed by atoms with Crippen LogP contribution in [0.4, 0.5) is 0 Å². The number of benzene rings is 2. The molecule has 2 heterocycles. The number of hydrogen-bond acceptors (Lipinski definition) is 6. The lowest BCUT2D eigenvalue weighted by Crippen LogP contribution is -2.52. The van der Waals surface area contributed by atoms with Crippen molar-refractivity contribution in [2.45, 2.75) is 32.0 Å². The Kier molecular flexibility index (Phi) is 4.96. The van der Waals surface area contributed by atoms with Crippen LogP contribution >= 0.6 is 0 Å². The fourth-order valence-corrected chi connectivity index (χ4v) is 3.55. The lowest BCUT2D eigenvalue weighted by molar-refractivity contribution is -0.118. The highest BCUT2D eigenvalue weighted by molar-refractivity contribution is 5.73. The lowest BCUT2D eigenvalue weighted by atomic mass is 9.90. The molecule has 1 atom stereocenters. The van der Waals surface area contributed by atoms with Gasteiger partial charge in [-0.15, -0.1) is 0 Å². The SMILES string of the molecule is CC(C)N1NC(OCc2ccccc2)=CC1(C=O)c1ccc2c(c1)OCCO2. The van der Waals surface area contributed by atoms with E-state index in [4.69, 9.17) is 14.2 Å². The predicted molar refractivity (Wildman–Crippen MR) is 105 cm³/mol. The molecule has 0 saturated carbocycles. The van der Waals surface area contributed by atoms with Gasteiger partial charge in [-0.2, -0.15) is 5.01 Å². The third kappa shape index (κ3) is 3.31. The Bertz CT molecular complexity index is 881. The normalized spacial score (nSPS) is 21.2. The minimum atomic E-state index is -0.990. The Labute approximate surface area is 164 Å². The van der Waals surface area contributed by atoms with E-state index in [2.05, 4.69) is 5.43 Å². The van der Waals surface area contributed by atoms with E-state index >= 15 is 0 Å². The van der Waals surface area contributed by atoms with E-state index in [0.717, 1.165) is 17.4 Å². The Morgan fingerprint density at radius 1 is 1.14 bits per heavy atom. The molecule has 1 unspecified atom stereocenters. The van der Waals surface area contributed by atoms with E-state index in [1.807, 2.05) is 73.5 Å². The van der Waals surface area contributed by atoms with Crippen LogP contribution in [0, 0.1) is 0 Å². The maximum atomic E-state index is 12.4. The van der Waals surface area contributed by atoms with Crippen LogP contribution in [-0.2, 0) is 21.7 Å². The van der Waals surface area contributed by atoms with Crippen LogP contribution in [0.25, 0.3) is 0 Å². The predicted octanol–water partition coefficient (Wildman–Crippen LogP) is 3.14. The van der Waals surface area contributed by atoms with Crippen molar-refractivity contribution < 1.29 is 19.0 Å². The number of hydrazine groups is 1. The van der Waals surface area contributed by atoms with E-state index < -0.39 is 5.54 Å². The van der Waals surface area contributed by atoms with Crippen molar-refractivity contribution in [2.24, 2.45) is 0 Å². The van der Waals surface area contributed by atoms with E-state index in [0.29, 0.717) is 37.2 Å². The summed E-state index contributed by atoms with van der Waals surface area (Å²) in [6.07, 6.45) is 2.76. The van der Waals surface area contributed by atoms with Gasteiger partial charge in [-0.25, -0.2) is 0 Å². The van der Waals surface area contributed by atoms with Crippen molar-refractivity contribution in [2.75, 3.05) is 13.2 Å². The number of rotatable bonds is 6. The molecule has 6 nitrogen and oxygen atoms in total. The highest BCUT2D eigenvalue weighted by Gasteiger charge is 2.45. The van der Waals surface area contributed by atoms with Gasteiger partial charge in [0.1, 0.15) is 25.4 Å². The highest BCUT2D eigenvalue weighted by Crippen LogP contribution is 2.39. The molecule has 0 fully saturated rings. The Morgan fingerprint density at radius 2 is 1.89 bits per heavy atom. The van der Waals surface area contributed by atoms with Crippen LogP contribution in [-0.4, -0.2) is 30.6 Å². The molecule has 0 aliphatic carbocycles. The standard InChI is InChI=1S/C22H24N2O4/c1-16(2)24-22(15-25,18-8-9-19-20(12-18)27-11-10-26-19)13-21(23-24)28-14-17-6-4-3-5-7-17/h3-9,12-13,15-16,23H,10-11,14H2,1-2H3. The van der Waals surface area contributed by atoms with Gasteiger partial charge in [0.15, 0.2) is 23.7 Å². The van der Waals surface area contributed by atoms with Gasteiger partial charge in [0.05, 0.1) is 0 Å². The molecular formula is C22H24N2O4. The second kappa shape index (κ2) is 7.56. The van der Waals surface area contributed by atoms with E-state index in [9.17, 15) is 4.79 Å². The zero-order valence-electron chi connectivity index (χ0n) is 16.1. The Hall–Kier alpha value is -2.99. The molecule has 6 heteroatoms. The smallest absolute Gasteiger partial charge is 0.200 e. The number of aldehydes is 1. The molecule has 2 aliphatic rings. The van der Waals surface area contributed by atoms with Gasteiger partial charge in [0.2, 0.25) is 0 Å². The van der Waals surface area contributed by atoms with Crippen LogP contribution in [0.5, 0.6) is 11.5 Å². The quantitative estimate of drug-likeness (QED) is 0.777. The molecule has 146 valence electrons. The zero-order valence-corrected chi connectivity index (χ0v) is 16.1. The van der Waals surface area contributed by atoms with Gasteiger partial charge in [0, 0.05) is 12.1 Å². The van der Waals surface area contributed by atoms with Gasteiger partial charge in [0.25, 0.3) is 0 Å². The van der Waals surface area contributed by atoms with Crippen molar-refractivity contribution in [1.29, 1.82) is 0 Å². The first kappa shape index (κ1) is 18.4. The summed E-state index contributed by atoms with van der Waals surface area (Å²) in [6, 6.07) is 15.6. The minimum absolute atomic E-state index is 0.0486. The summed E-state index contributed by atoms with van der Waals surface area (Å²) in [5.41, 5.74) is 4.12. The number of nitrogens with zero attached hydrogens (tertiary/aromatic N) is 1. The summed E-state index contributed by atoms with van der Waals surface area (Å²) in [5, 5.41) is 1.89. The van der Waals surface area contributed by atoms with Gasteiger partial charge in [-0.1, -0.05) is 36.4 Å². The van der Waals surface area contributed by atoms with Crippen molar-refractivity contribution in [3.8, 4) is 11.5 Å². The number of hydrogen-bond donors (Lipinski definition) is 1. The number of nitrogens with one attached hydrogen (secondary N) is 1. The topological polar surface area (TPSA) is 60.0 Å². The fourth-order valence-electron chi connectivity index (χ4n) is 3.55. The summed E-state index contributed by atoms with van der Waals surface area (Å²) in [7, 11) is 0. The van der Waals surface area contributed by atoms with Gasteiger partial charge in [-0.3, -0.25) is 5.43 Å². The lowest BCUT2D eigenvalue weighted by Gasteiger charge is -2.36. The molecule has 4 rings (SSSR count). The second-order valence-corrected chi connectivity index (χ2v) is 7.16. The summed E-state index contributed by atoms with van der Waals surface area (Å²) in [4.78, 5) is 12.4. The Morgan fingerprint density at radius 3 is 2.61 bits per heavy atom. The summed E-state index contributed by atoms with van der Waals surface area (Å²) >= 11 is 0. The van der Waals surface area contributed by atoms with E-state index in [1.54, 1.807) is 0 Å². The third-order valence-electron chi connectivity index (χ3n) is 4.92. The third-order valence-corrected chi connectivity index (χ3v) is 4.92. The minimum Gasteiger partial charge on any atom is -0.486 e. The molecule has 0 bridgehead atoms. The first-order valence-corrected chi connectivity index (χ1v) is 9.44. The maximum absolute atomic E-state index is 12.4. The molecular weight excluding hydrogens is 356 g/mol. The van der Waals surface area contributed by atoms with Crippen LogP contribution in [0.15, 0.2) is 60.5 Å². The first-order valence-electron chi connectivity index (χ1n) is 9.44. The monoisotopic (exact) mass is 380 g/mol.